The fourth-order valence-electron chi connectivity index (χ4n) is 1.31. The van der Waals surface area contributed by atoms with Crippen LogP contribution in [0.3, 0.4) is 0 Å². The van der Waals surface area contributed by atoms with Crippen LogP contribution in [0.15, 0.2) is 0 Å². The van der Waals surface area contributed by atoms with Gasteiger partial charge in [-0.2, -0.15) is 0 Å². The first kappa shape index (κ1) is 12.3. The first-order valence-corrected chi connectivity index (χ1v) is 5.03. The number of hydrogen-bond donors (Lipinski definition) is 0. The summed E-state index contributed by atoms with van der Waals surface area (Å²) >= 11 is 0. The second-order valence-corrected chi connectivity index (χ2v) is 3.49. The third-order valence-corrected chi connectivity index (χ3v) is 2.30. The molecule has 0 heterocycles. The van der Waals surface area contributed by atoms with Crippen molar-refractivity contribution in [1.29, 1.82) is 0 Å². The normalized spacial score (nSPS) is 11.2. The van der Waals surface area contributed by atoms with Crippen LogP contribution < -0.4 is 0 Å². The van der Waals surface area contributed by atoms with Crippen molar-refractivity contribution in [2.45, 2.75) is 52.4 Å². The lowest BCUT2D eigenvalue weighted by Gasteiger charge is -2.18. The number of unbranched alkanes of at least 4 members (excludes halogenated alkanes) is 2. The molecule has 0 atom stereocenters. The van der Waals surface area contributed by atoms with Gasteiger partial charge in [0.1, 0.15) is 5.41 Å². The third-order valence-electron chi connectivity index (χ3n) is 2.30. The van der Waals surface area contributed by atoms with Gasteiger partial charge in [-0.3, -0.25) is 9.59 Å². The van der Waals surface area contributed by atoms with Gasteiger partial charge in [-0.15, -0.1) is 0 Å². The van der Waals surface area contributed by atoms with E-state index in [-0.39, 0.29) is 0 Å². The minimum atomic E-state index is -0.925. The lowest BCUT2D eigenvalue weighted by atomic mass is 9.81. The number of rotatable bonds is 8. The van der Waals surface area contributed by atoms with Gasteiger partial charge in [0.2, 0.25) is 12.6 Å². The van der Waals surface area contributed by atoms with Crippen molar-refractivity contribution in [2.75, 3.05) is 0 Å². The molecule has 0 N–H and O–H groups in total. The largest absolute Gasteiger partial charge is 0.290 e. The maximum atomic E-state index is 10.7. The molecule has 0 rings (SSSR count). The van der Waals surface area contributed by atoms with Gasteiger partial charge in [0.15, 0.2) is 0 Å². The van der Waals surface area contributed by atoms with E-state index in [0.29, 0.717) is 12.8 Å². The highest BCUT2D eigenvalue weighted by molar-refractivity contribution is 5.84. The molecular weight excluding hydrogens is 164 g/mol. The molecule has 0 aromatic heterocycles. The van der Waals surface area contributed by atoms with E-state index in [1.807, 2.05) is 26.4 Å². The molecule has 0 spiro atoms. The van der Waals surface area contributed by atoms with Gasteiger partial charge in [0.05, 0.1) is 0 Å². The molecule has 2 heteroatoms. The summed E-state index contributed by atoms with van der Waals surface area (Å²) < 4.78 is 0. The van der Waals surface area contributed by atoms with Crippen LogP contribution in [0.1, 0.15) is 52.4 Å². The van der Waals surface area contributed by atoms with E-state index in [1.54, 1.807) is 0 Å². The summed E-state index contributed by atoms with van der Waals surface area (Å²) in [6.07, 6.45) is 8.73. The van der Waals surface area contributed by atoms with E-state index in [1.165, 1.54) is 0 Å². The van der Waals surface area contributed by atoms with Crippen LogP contribution in [-0.2, 0) is 9.59 Å². The highest BCUT2D eigenvalue weighted by Gasteiger charge is 2.30. The summed E-state index contributed by atoms with van der Waals surface area (Å²) in [4.78, 5) is 21.4. The second kappa shape index (κ2) is 6.81. The predicted molar refractivity (Wildman–Crippen MR) is 52.9 cm³/mol. The van der Waals surface area contributed by atoms with E-state index in [2.05, 4.69) is 0 Å². The molecule has 74 valence electrons. The van der Waals surface area contributed by atoms with Crippen LogP contribution in [0, 0.1) is 5.41 Å². The summed E-state index contributed by atoms with van der Waals surface area (Å²) in [5.74, 6) is 0. The van der Waals surface area contributed by atoms with Crippen LogP contribution in [0.2, 0.25) is 0 Å². The average molecular weight is 182 g/mol. The zero-order valence-electron chi connectivity index (χ0n) is 8.56. The van der Waals surface area contributed by atoms with Crippen molar-refractivity contribution in [1.82, 2.24) is 0 Å². The fourth-order valence-corrected chi connectivity index (χ4v) is 1.31. The Morgan fingerprint density at radius 2 is 1.31 bits per heavy atom. The van der Waals surface area contributed by atoms with Crippen molar-refractivity contribution >= 4 is 12.6 Å². The van der Waals surface area contributed by atoms with Gasteiger partial charge in [-0.25, -0.2) is 0 Å². The second-order valence-electron chi connectivity index (χ2n) is 3.49. The molecule has 0 aliphatic carbocycles. The first-order chi connectivity index (χ1) is 6.24. The van der Waals surface area contributed by atoms with Gasteiger partial charge < -0.3 is 0 Å². The van der Waals surface area contributed by atoms with Crippen molar-refractivity contribution < 1.29 is 9.59 Å². The van der Waals surface area contributed by atoms with Crippen LogP contribution >= 0.6 is 0 Å². The quantitative estimate of drug-likeness (QED) is 0.541. The molecule has 13 heavy (non-hydrogen) atoms. The predicted octanol–water partition coefficient (Wildman–Crippen LogP) is 2.57. The minimum absolute atomic E-state index is 0.608. The minimum Gasteiger partial charge on any atom is -0.290 e. The van der Waals surface area contributed by atoms with Crippen LogP contribution in [-0.4, -0.2) is 12.6 Å². The molecule has 0 saturated carbocycles. The molecule has 0 aliphatic rings. The van der Waals surface area contributed by atoms with Gasteiger partial charge >= 0.3 is 0 Å². The topological polar surface area (TPSA) is 34.1 Å². The van der Waals surface area contributed by atoms with Crippen LogP contribution in [0.4, 0.5) is 0 Å². The van der Waals surface area contributed by atoms with Gasteiger partial charge in [-0.05, 0) is 12.8 Å². The van der Waals surface area contributed by atoms with E-state index in [0.717, 1.165) is 25.7 Å². The van der Waals surface area contributed by atoms with E-state index in [4.69, 9.17) is 0 Å². The Labute approximate surface area is 80.7 Å². The molecule has 0 amide bonds. The molecule has 0 bridgehead atoms. The molecule has 2 nitrogen and oxygen atoms in total. The Kier molecular flexibility index (Phi) is 6.47. The summed E-state index contributed by atoms with van der Waals surface area (Å²) in [7, 11) is 0. The molecule has 0 fully saturated rings. The molecule has 0 aromatic carbocycles. The highest BCUT2D eigenvalue weighted by atomic mass is 16.1. The van der Waals surface area contributed by atoms with E-state index >= 15 is 0 Å². The molecule has 0 aromatic rings. The van der Waals surface area contributed by atoms with Crippen LogP contribution in [0.5, 0.6) is 0 Å². The van der Waals surface area contributed by atoms with Crippen molar-refractivity contribution in [2.24, 2.45) is 5.41 Å². The summed E-state index contributed by atoms with van der Waals surface area (Å²) in [6.45, 7) is 4.08. The van der Waals surface area contributed by atoms with Gasteiger partial charge in [0, 0.05) is 0 Å². The molecule has 2 radical (unpaired) electrons. The lowest BCUT2D eigenvalue weighted by Crippen LogP contribution is -2.24. The summed E-state index contributed by atoms with van der Waals surface area (Å²) in [6, 6.07) is 0. The highest BCUT2D eigenvalue weighted by Crippen LogP contribution is 2.26. The Morgan fingerprint density at radius 3 is 1.54 bits per heavy atom. The summed E-state index contributed by atoms with van der Waals surface area (Å²) in [5.41, 5.74) is -0.925. The Balaban J connectivity index is 4.13. The fraction of sp³-hybridized carbons (Fsp3) is 0.818. The number of hydrogen-bond acceptors (Lipinski definition) is 2. The first-order valence-electron chi connectivity index (χ1n) is 5.03. The average Bonchev–Trinajstić information content (AvgIpc) is 2.20. The zero-order chi connectivity index (χ0) is 10.2. The third kappa shape index (κ3) is 4.20. The lowest BCUT2D eigenvalue weighted by molar-refractivity contribution is 0.386. The van der Waals surface area contributed by atoms with Gasteiger partial charge in [-0.1, -0.05) is 39.5 Å². The maximum Gasteiger partial charge on any atom is 0.213 e. The molecule has 0 unspecified atom stereocenters. The Bertz CT molecular complexity index is 134. The summed E-state index contributed by atoms with van der Waals surface area (Å²) in [5, 5.41) is 0. The van der Waals surface area contributed by atoms with Gasteiger partial charge in [0.25, 0.3) is 0 Å². The Morgan fingerprint density at radius 1 is 0.923 bits per heavy atom. The standard InChI is InChI=1S/C11H18O2/c1-3-5-7-11(9-12,10-13)8-6-4-2/h3-8H2,1-2H3. The Hall–Kier alpha value is -0.660. The molecule has 0 aliphatic heterocycles. The van der Waals surface area contributed by atoms with E-state index < -0.39 is 5.41 Å². The van der Waals surface area contributed by atoms with E-state index in [9.17, 15) is 9.59 Å². The zero-order valence-corrected chi connectivity index (χ0v) is 8.56. The monoisotopic (exact) mass is 182 g/mol. The number of carbonyl (C=O) groups excluding carboxylic acids is 2. The molecular formula is C11H18O2. The van der Waals surface area contributed by atoms with Crippen molar-refractivity contribution in [3.63, 3.8) is 0 Å². The van der Waals surface area contributed by atoms with Crippen molar-refractivity contribution in [3.8, 4) is 0 Å². The smallest absolute Gasteiger partial charge is 0.213 e. The van der Waals surface area contributed by atoms with Crippen molar-refractivity contribution in [3.05, 3.63) is 0 Å². The molecule has 0 saturated heterocycles. The maximum absolute atomic E-state index is 10.7. The van der Waals surface area contributed by atoms with Crippen LogP contribution in [0.25, 0.3) is 0 Å². The SMILES string of the molecule is CCCCC([C]=O)([C]=O)CCCC.